The van der Waals surface area contributed by atoms with Crippen molar-refractivity contribution in [3.63, 3.8) is 0 Å². The van der Waals surface area contributed by atoms with Gasteiger partial charge in [-0.2, -0.15) is 11.8 Å². The molecule has 2 heterocycles. The van der Waals surface area contributed by atoms with Crippen molar-refractivity contribution in [3.8, 4) is 0 Å². The largest absolute Gasteiger partial charge is 0.409 e. The average molecular weight is 280 g/mol. The predicted molar refractivity (Wildman–Crippen MR) is 80.2 cm³/mol. The number of aryl methyl sites for hydroxylation is 1. The number of pyridine rings is 1. The molecular weight excluding hydrogens is 260 g/mol. The molecule has 2 unspecified atom stereocenters. The molecule has 2 rings (SSSR count). The van der Waals surface area contributed by atoms with Gasteiger partial charge in [0.05, 0.1) is 5.56 Å². The van der Waals surface area contributed by atoms with E-state index in [9.17, 15) is 0 Å². The molecule has 104 valence electrons. The van der Waals surface area contributed by atoms with Crippen LogP contribution >= 0.6 is 11.8 Å². The second kappa shape index (κ2) is 5.69. The molecule has 0 aromatic carbocycles. The lowest BCUT2D eigenvalue weighted by Crippen LogP contribution is -2.42. The molecule has 3 N–H and O–H groups in total. The van der Waals surface area contributed by atoms with E-state index in [4.69, 9.17) is 10.9 Å². The Bertz CT molecular complexity index is 482. The number of nitrogens with two attached hydrogens (primary N) is 1. The highest BCUT2D eigenvalue weighted by molar-refractivity contribution is 8.00. The fourth-order valence-corrected chi connectivity index (χ4v) is 3.71. The lowest BCUT2D eigenvalue weighted by atomic mass is 10.2. The molecule has 1 saturated heterocycles. The van der Waals surface area contributed by atoms with Crippen molar-refractivity contribution in [2.75, 3.05) is 18.0 Å². The number of rotatable bonds is 2. The summed E-state index contributed by atoms with van der Waals surface area (Å²) in [5, 5.41) is 13.1. The van der Waals surface area contributed by atoms with E-state index in [1.165, 1.54) is 0 Å². The zero-order valence-electron chi connectivity index (χ0n) is 11.5. The zero-order chi connectivity index (χ0) is 14.0. The van der Waals surface area contributed by atoms with Crippen molar-refractivity contribution in [2.24, 2.45) is 10.9 Å². The van der Waals surface area contributed by atoms with Crippen molar-refractivity contribution < 1.29 is 5.21 Å². The van der Waals surface area contributed by atoms with E-state index in [1.54, 1.807) is 0 Å². The van der Waals surface area contributed by atoms with Gasteiger partial charge in [0.15, 0.2) is 5.84 Å². The number of thioether (sulfide) groups is 1. The average Bonchev–Trinajstić information content (AvgIpc) is 2.36. The zero-order valence-corrected chi connectivity index (χ0v) is 12.3. The Kier molecular flexibility index (Phi) is 4.19. The number of hydrogen-bond donors (Lipinski definition) is 2. The van der Waals surface area contributed by atoms with E-state index >= 15 is 0 Å². The van der Waals surface area contributed by atoms with Gasteiger partial charge >= 0.3 is 0 Å². The first-order valence-electron chi connectivity index (χ1n) is 6.37. The molecule has 0 amide bonds. The summed E-state index contributed by atoms with van der Waals surface area (Å²) < 4.78 is 0. The number of hydrogen-bond acceptors (Lipinski definition) is 5. The van der Waals surface area contributed by atoms with Crippen LogP contribution < -0.4 is 10.6 Å². The molecule has 5 nitrogen and oxygen atoms in total. The first-order chi connectivity index (χ1) is 9.01. The molecule has 0 aliphatic carbocycles. The standard InChI is InChI=1S/C13H20N4OS/c1-8-4-5-11(12(14)16-18)13(15-8)17-6-9(2)19-10(3)7-17/h4-5,9-10,18H,6-7H2,1-3H3,(H2,14,16). The molecule has 6 heteroatoms. The number of nitrogens with zero attached hydrogens (tertiary/aromatic N) is 3. The van der Waals surface area contributed by atoms with Gasteiger partial charge in [0.1, 0.15) is 5.82 Å². The highest BCUT2D eigenvalue weighted by Crippen LogP contribution is 2.29. The molecule has 0 saturated carbocycles. The number of aromatic nitrogens is 1. The highest BCUT2D eigenvalue weighted by atomic mass is 32.2. The smallest absolute Gasteiger partial charge is 0.173 e. The summed E-state index contributed by atoms with van der Waals surface area (Å²) in [6, 6.07) is 3.74. The maximum absolute atomic E-state index is 8.90. The van der Waals surface area contributed by atoms with Gasteiger partial charge in [-0.25, -0.2) is 4.98 Å². The van der Waals surface area contributed by atoms with E-state index in [0.29, 0.717) is 16.1 Å². The number of oxime groups is 1. The normalized spacial score (nSPS) is 24.6. The summed E-state index contributed by atoms with van der Waals surface area (Å²) in [5.41, 5.74) is 7.38. The SMILES string of the molecule is Cc1ccc(C(N)=NO)c(N2CC(C)SC(C)C2)n1. The lowest BCUT2D eigenvalue weighted by Gasteiger charge is -2.36. The van der Waals surface area contributed by atoms with Crippen molar-refractivity contribution in [2.45, 2.75) is 31.3 Å². The van der Waals surface area contributed by atoms with Crippen LogP contribution in [-0.2, 0) is 0 Å². The molecule has 0 bridgehead atoms. The third-order valence-corrected chi connectivity index (χ3v) is 4.34. The summed E-state index contributed by atoms with van der Waals surface area (Å²) in [5.74, 6) is 0.926. The molecule has 1 aliphatic heterocycles. The van der Waals surface area contributed by atoms with Crippen LogP contribution in [0.15, 0.2) is 17.3 Å². The molecule has 1 aromatic rings. The van der Waals surface area contributed by atoms with E-state index in [-0.39, 0.29) is 5.84 Å². The molecule has 0 spiro atoms. The summed E-state index contributed by atoms with van der Waals surface area (Å²) in [7, 11) is 0. The maximum Gasteiger partial charge on any atom is 0.173 e. The quantitative estimate of drug-likeness (QED) is 0.374. The van der Waals surface area contributed by atoms with Crippen molar-refractivity contribution in [1.29, 1.82) is 0 Å². The van der Waals surface area contributed by atoms with E-state index < -0.39 is 0 Å². The Balaban J connectivity index is 2.39. The van der Waals surface area contributed by atoms with E-state index in [0.717, 1.165) is 24.6 Å². The predicted octanol–water partition coefficient (Wildman–Crippen LogP) is 1.81. The van der Waals surface area contributed by atoms with Crippen LogP contribution in [0.25, 0.3) is 0 Å². The molecule has 1 fully saturated rings. The van der Waals surface area contributed by atoms with Gasteiger partial charge in [-0.15, -0.1) is 0 Å². The summed E-state index contributed by atoms with van der Waals surface area (Å²) >= 11 is 1.98. The van der Waals surface area contributed by atoms with Gasteiger partial charge in [0.2, 0.25) is 0 Å². The minimum absolute atomic E-state index is 0.112. The topological polar surface area (TPSA) is 74.7 Å². The Labute approximate surface area is 117 Å². The van der Waals surface area contributed by atoms with Gasteiger partial charge in [0, 0.05) is 29.3 Å². The monoisotopic (exact) mass is 280 g/mol. The first kappa shape index (κ1) is 14.0. The summed E-state index contributed by atoms with van der Waals surface area (Å²) in [6.45, 7) is 8.23. The van der Waals surface area contributed by atoms with Gasteiger partial charge in [-0.05, 0) is 19.1 Å². The van der Waals surface area contributed by atoms with Gasteiger partial charge in [-0.1, -0.05) is 19.0 Å². The first-order valence-corrected chi connectivity index (χ1v) is 7.31. The fourth-order valence-electron chi connectivity index (χ4n) is 2.39. The molecule has 2 atom stereocenters. The second-order valence-electron chi connectivity index (χ2n) is 4.97. The number of amidine groups is 1. The third-order valence-electron chi connectivity index (χ3n) is 3.12. The summed E-state index contributed by atoms with van der Waals surface area (Å²) in [4.78, 5) is 6.81. The molecule has 1 aromatic heterocycles. The fraction of sp³-hybridized carbons (Fsp3) is 0.538. The minimum atomic E-state index is 0.112. The Morgan fingerprint density at radius 2 is 2.05 bits per heavy atom. The Morgan fingerprint density at radius 1 is 1.42 bits per heavy atom. The van der Waals surface area contributed by atoms with Crippen molar-refractivity contribution in [3.05, 3.63) is 23.4 Å². The minimum Gasteiger partial charge on any atom is -0.409 e. The molecular formula is C13H20N4OS. The van der Waals surface area contributed by atoms with Crippen LogP contribution in [0.5, 0.6) is 0 Å². The van der Waals surface area contributed by atoms with Crippen LogP contribution in [0, 0.1) is 6.92 Å². The van der Waals surface area contributed by atoms with E-state index in [1.807, 2.05) is 30.8 Å². The Hall–Kier alpha value is -1.43. The Morgan fingerprint density at radius 3 is 2.63 bits per heavy atom. The van der Waals surface area contributed by atoms with E-state index in [2.05, 4.69) is 28.9 Å². The third kappa shape index (κ3) is 3.12. The molecule has 1 aliphatic rings. The number of anilines is 1. The maximum atomic E-state index is 8.90. The van der Waals surface area contributed by atoms with Crippen LogP contribution in [-0.4, -0.2) is 39.6 Å². The van der Waals surface area contributed by atoms with Crippen molar-refractivity contribution >= 4 is 23.4 Å². The van der Waals surface area contributed by atoms with Gasteiger partial charge in [0.25, 0.3) is 0 Å². The molecule has 0 radical (unpaired) electrons. The van der Waals surface area contributed by atoms with Crippen molar-refractivity contribution in [1.82, 2.24) is 4.98 Å². The van der Waals surface area contributed by atoms with Crippen LogP contribution in [0.2, 0.25) is 0 Å². The second-order valence-corrected chi connectivity index (χ2v) is 6.85. The van der Waals surface area contributed by atoms with Crippen LogP contribution in [0.4, 0.5) is 5.82 Å². The lowest BCUT2D eigenvalue weighted by molar-refractivity contribution is 0.318. The van der Waals surface area contributed by atoms with Crippen LogP contribution in [0.3, 0.4) is 0 Å². The van der Waals surface area contributed by atoms with Gasteiger partial charge in [-0.3, -0.25) is 0 Å². The summed E-state index contributed by atoms with van der Waals surface area (Å²) in [6.07, 6.45) is 0. The van der Waals surface area contributed by atoms with Gasteiger partial charge < -0.3 is 15.8 Å². The highest BCUT2D eigenvalue weighted by Gasteiger charge is 2.25. The van der Waals surface area contributed by atoms with Crippen LogP contribution in [0.1, 0.15) is 25.1 Å². The molecule has 19 heavy (non-hydrogen) atoms.